The molecule has 0 radical (unpaired) electrons. The van der Waals surface area contributed by atoms with Gasteiger partial charge in [0.25, 0.3) is 5.91 Å². The van der Waals surface area contributed by atoms with E-state index in [-0.39, 0.29) is 12.5 Å². The topological polar surface area (TPSA) is 97.1 Å². The average molecular weight is 288 g/mol. The van der Waals surface area contributed by atoms with E-state index in [9.17, 15) is 9.59 Å². The van der Waals surface area contributed by atoms with Gasteiger partial charge in [-0.05, 0) is 25.8 Å². The molecule has 3 rings (SSSR count). The van der Waals surface area contributed by atoms with Crippen LogP contribution in [0.4, 0.5) is 0 Å². The van der Waals surface area contributed by atoms with Crippen LogP contribution in [0.3, 0.4) is 0 Å². The first-order chi connectivity index (χ1) is 9.93. The molecular weight excluding hydrogens is 272 g/mol. The van der Waals surface area contributed by atoms with Crippen LogP contribution in [0.25, 0.3) is 11.0 Å². The largest absolute Gasteiger partial charge is 0.481 e. The molecule has 2 heterocycles. The molecule has 1 amide bonds. The van der Waals surface area contributed by atoms with Gasteiger partial charge in [0, 0.05) is 25.2 Å². The number of carboxylic acid groups (broad SMARTS) is 1. The van der Waals surface area contributed by atoms with E-state index in [0.29, 0.717) is 24.1 Å². The highest BCUT2D eigenvalue weighted by molar-refractivity contribution is 5.97. The molecule has 0 saturated heterocycles. The normalized spacial score (nSPS) is 15.9. The van der Waals surface area contributed by atoms with Gasteiger partial charge in [-0.2, -0.15) is 5.10 Å². The number of hydrogen-bond acceptors (Lipinski definition) is 4. The number of aromatic nitrogens is 3. The van der Waals surface area contributed by atoms with Crippen LogP contribution < -0.4 is 5.32 Å². The first kappa shape index (κ1) is 13.5. The van der Waals surface area contributed by atoms with Crippen LogP contribution in [0, 0.1) is 12.3 Å². The van der Waals surface area contributed by atoms with Crippen LogP contribution in [0.2, 0.25) is 0 Å². The third-order valence-corrected chi connectivity index (χ3v) is 4.02. The molecule has 0 spiro atoms. The molecule has 0 atom stereocenters. The molecule has 0 aromatic carbocycles. The van der Waals surface area contributed by atoms with E-state index in [1.54, 1.807) is 17.8 Å². The fourth-order valence-electron chi connectivity index (χ4n) is 2.40. The lowest BCUT2D eigenvalue weighted by Gasteiger charge is -2.11. The third-order valence-electron chi connectivity index (χ3n) is 4.02. The van der Waals surface area contributed by atoms with Crippen molar-refractivity contribution in [1.82, 2.24) is 20.1 Å². The monoisotopic (exact) mass is 288 g/mol. The number of aliphatic carboxylic acids is 1. The molecule has 2 aromatic heterocycles. The summed E-state index contributed by atoms with van der Waals surface area (Å²) in [5.74, 6) is -1.15. The molecule has 7 nitrogen and oxygen atoms in total. The van der Waals surface area contributed by atoms with E-state index >= 15 is 0 Å². The fourth-order valence-corrected chi connectivity index (χ4v) is 2.40. The summed E-state index contributed by atoms with van der Waals surface area (Å²) in [5, 5.41) is 16.9. The zero-order valence-corrected chi connectivity index (χ0v) is 11.9. The van der Waals surface area contributed by atoms with E-state index in [1.807, 2.05) is 6.92 Å². The smallest absolute Gasteiger partial charge is 0.311 e. The Morgan fingerprint density at radius 1 is 1.48 bits per heavy atom. The zero-order valence-electron chi connectivity index (χ0n) is 11.9. The van der Waals surface area contributed by atoms with Crippen molar-refractivity contribution in [2.24, 2.45) is 12.5 Å². The molecule has 1 aliphatic rings. The maximum atomic E-state index is 12.1. The molecule has 2 N–H and O–H groups in total. The van der Waals surface area contributed by atoms with Crippen molar-refractivity contribution in [3.63, 3.8) is 0 Å². The van der Waals surface area contributed by atoms with Crippen LogP contribution in [-0.2, 0) is 11.8 Å². The predicted octanol–water partition coefficient (Wildman–Crippen LogP) is 0.871. The van der Waals surface area contributed by atoms with Crippen molar-refractivity contribution in [2.75, 3.05) is 6.54 Å². The highest BCUT2D eigenvalue weighted by Gasteiger charge is 2.50. The van der Waals surface area contributed by atoms with Crippen LogP contribution >= 0.6 is 0 Å². The van der Waals surface area contributed by atoms with E-state index < -0.39 is 11.4 Å². The van der Waals surface area contributed by atoms with E-state index in [1.165, 1.54) is 6.20 Å². The number of carbonyl (C=O) groups is 2. The maximum Gasteiger partial charge on any atom is 0.311 e. The van der Waals surface area contributed by atoms with Gasteiger partial charge >= 0.3 is 5.97 Å². The summed E-state index contributed by atoms with van der Waals surface area (Å²) in [4.78, 5) is 27.5. The second-order valence-corrected chi connectivity index (χ2v) is 5.57. The molecule has 21 heavy (non-hydrogen) atoms. The molecule has 1 aliphatic carbocycles. The molecule has 0 unspecified atom stereocenters. The highest BCUT2D eigenvalue weighted by atomic mass is 16.4. The maximum absolute atomic E-state index is 12.1. The Labute approximate surface area is 121 Å². The number of carboxylic acids is 1. The summed E-state index contributed by atoms with van der Waals surface area (Å²) in [6.07, 6.45) is 2.71. The van der Waals surface area contributed by atoms with Crippen LogP contribution in [0.1, 0.15) is 28.9 Å². The SMILES string of the molecule is Cc1nn(C)c2ncc(C(=O)NCC3(C(=O)O)CC3)cc12. The molecule has 1 fully saturated rings. The Hall–Kier alpha value is -2.44. The minimum Gasteiger partial charge on any atom is -0.481 e. The van der Waals surface area contributed by atoms with Gasteiger partial charge in [-0.15, -0.1) is 0 Å². The summed E-state index contributed by atoms with van der Waals surface area (Å²) in [7, 11) is 1.80. The molecule has 1 saturated carbocycles. The Bertz CT molecular complexity index is 746. The Kier molecular flexibility index (Phi) is 2.93. The van der Waals surface area contributed by atoms with Gasteiger partial charge in [-0.25, -0.2) is 4.98 Å². The first-order valence-corrected chi connectivity index (χ1v) is 6.74. The van der Waals surface area contributed by atoms with Crippen molar-refractivity contribution in [1.29, 1.82) is 0 Å². The minimum absolute atomic E-state index is 0.158. The zero-order chi connectivity index (χ0) is 15.2. The van der Waals surface area contributed by atoms with Crippen LogP contribution in [0.15, 0.2) is 12.3 Å². The van der Waals surface area contributed by atoms with E-state index in [0.717, 1.165) is 11.1 Å². The number of fused-ring (bicyclic) bond motifs is 1. The van der Waals surface area contributed by atoms with Crippen LogP contribution in [0.5, 0.6) is 0 Å². The number of nitrogens with one attached hydrogen (secondary N) is 1. The molecular formula is C14H16N4O3. The molecule has 0 bridgehead atoms. The van der Waals surface area contributed by atoms with Crippen molar-refractivity contribution in [2.45, 2.75) is 19.8 Å². The second kappa shape index (κ2) is 4.54. The fraction of sp³-hybridized carbons (Fsp3) is 0.429. The van der Waals surface area contributed by atoms with Gasteiger partial charge in [-0.3, -0.25) is 14.3 Å². The summed E-state index contributed by atoms with van der Waals surface area (Å²) in [6, 6.07) is 1.74. The molecule has 2 aromatic rings. The summed E-state index contributed by atoms with van der Waals surface area (Å²) < 4.78 is 1.66. The highest BCUT2D eigenvalue weighted by Crippen LogP contribution is 2.45. The van der Waals surface area contributed by atoms with Gasteiger partial charge in [0.05, 0.1) is 16.7 Å². The lowest BCUT2D eigenvalue weighted by atomic mass is 10.1. The van der Waals surface area contributed by atoms with E-state index in [4.69, 9.17) is 5.11 Å². The second-order valence-electron chi connectivity index (χ2n) is 5.57. The van der Waals surface area contributed by atoms with Crippen molar-refractivity contribution < 1.29 is 14.7 Å². The van der Waals surface area contributed by atoms with Gasteiger partial charge in [0.2, 0.25) is 0 Å². The number of aryl methyl sites for hydroxylation is 2. The number of rotatable bonds is 4. The molecule has 110 valence electrons. The third kappa shape index (κ3) is 2.24. The number of nitrogens with zero attached hydrogens (tertiary/aromatic N) is 3. The van der Waals surface area contributed by atoms with Gasteiger partial charge < -0.3 is 10.4 Å². The quantitative estimate of drug-likeness (QED) is 0.870. The Morgan fingerprint density at radius 3 is 2.81 bits per heavy atom. The van der Waals surface area contributed by atoms with Crippen LogP contribution in [-0.4, -0.2) is 38.3 Å². The summed E-state index contributed by atoms with van der Waals surface area (Å²) in [5.41, 5.74) is 1.17. The number of amides is 1. The lowest BCUT2D eigenvalue weighted by Crippen LogP contribution is -2.34. The Morgan fingerprint density at radius 2 is 2.19 bits per heavy atom. The first-order valence-electron chi connectivity index (χ1n) is 6.74. The predicted molar refractivity (Wildman–Crippen MR) is 74.9 cm³/mol. The van der Waals surface area contributed by atoms with E-state index in [2.05, 4.69) is 15.4 Å². The van der Waals surface area contributed by atoms with Gasteiger partial charge in [0.15, 0.2) is 5.65 Å². The van der Waals surface area contributed by atoms with Crippen molar-refractivity contribution in [3.8, 4) is 0 Å². The number of carbonyl (C=O) groups excluding carboxylic acids is 1. The van der Waals surface area contributed by atoms with Gasteiger partial charge in [0.1, 0.15) is 0 Å². The van der Waals surface area contributed by atoms with Gasteiger partial charge in [-0.1, -0.05) is 0 Å². The average Bonchev–Trinajstić information content (AvgIpc) is 3.20. The standard InChI is InChI=1S/C14H16N4O3/c1-8-10-5-9(6-15-11(10)18(2)17-8)12(19)16-7-14(3-4-14)13(20)21/h5-6H,3-4,7H2,1-2H3,(H,16,19)(H,20,21). The molecule has 0 aliphatic heterocycles. The summed E-state index contributed by atoms with van der Waals surface area (Å²) >= 11 is 0. The number of hydrogen-bond donors (Lipinski definition) is 2. The van der Waals surface area contributed by atoms with Crippen molar-refractivity contribution in [3.05, 3.63) is 23.5 Å². The minimum atomic E-state index is -0.848. The Balaban J connectivity index is 1.79. The molecule has 7 heteroatoms. The van der Waals surface area contributed by atoms with Crippen molar-refractivity contribution >= 4 is 22.9 Å². The summed E-state index contributed by atoms with van der Waals surface area (Å²) in [6.45, 7) is 2.01. The lowest BCUT2D eigenvalue weighted by molar-refractivity contribution is -0.143. The number of pyridine rings is 1.